The van der Waals surface area contributed by atoms with Crippen LogP contribution in [0.25, 0.3) is 0 Å². The summed E-state index contributed by atoms with van der Waals surface area (Å²) in [5, 5.41) is -1.30. The number of piperidine rings is 1. The molecule has 1 fully saturated rings. The maximum absolute atomic E-state index is 12.2. The number of rotatable bonds is 0. The van der Waals surface area contributed by atoms with Gasteiger partial charge in [-0.1, -0.05) is 5.12 Å². The summed E-state index contributed by atoms with van der Waals surface area (Å²) in [5.41, 5.74) is 0. The molecular weight excluding hydrogens is 188 g/mol. The Morgan fingerprint density at radius 2 is 1.00 bits per heavy atom. The molecule has 0 aromatic carbocycles. The molecule has 0 spiro atoms. The molecule has 0 N–H and O–H groups in total. The summed E-state index contributed by atoms with van der Waals surface area (Å²) >= 11 is 0. The van der Waals surface area contributed by atoms with Crippen LogP contribution in [-0.4, -0.2) is 36.2 Å². The molecule has 0 aliphatic carbocycles. The summed E-state index contributed by atoms with van der Waals surface area (Å²) in [6, 6.07) is 0. The molecule has 1 rings (SSSR count). The van der Waals surface area contributed by atoms with E-state index < -0.39 is 36.2 Å². The zero-order valence-electron chi connectivity index (χ0n) is 5.60. The molecule has 1 heterocycles. The summed E-state index contributed by atoms with van der Waals surface area (Å²) in [4.78, 5) is 0. The number of hydrogen-bond acceptors (Lipinski definition) is 1. The van der Waals surface area contributed by atoms with Gasteiger partial charge in [-0.2, -0.15) is 0 Å². The monoisotopic (exact) mass is 193 g/mol. The molecule has 0 bridgehead atoms. The van der Waals surface area contributed by atoms with Crippen LogP contribution in [-0.2, 0) is 0 Å². The summed E-state index contributed by atoms with van der Waals surface area (Å²) in [6.07, 6.45) is -15.1. The molecule has 4 atom stereocenters. The highest BCUT2D eigenvalue weighted by Crippen LogP contribution is 2.31. The normalized spacial score (nSPS) is 51.0. The van der Waals surface area contributed by atoms with E-state index in [2.05, 4.69) is 0 Å². The minimum atomic E-state index is -3.08. The molecule has 0 aromatic rings. The van der Waals surface area contributed by atoms with E-state index in [1.54, 1.807) is 0 Å². The molecule has 0 amide bonds. The maximum Gasteiger partial charge on any atom is 0.217 e. The second-order valence-electron chi connectivity index (χ2n) is 2.42. The molecule has 1 aliphatic rings. The maximum atomic E-state index is 12.2. The minimum Gasteiger partial charge on any atom is -0.241 e. The fourth-order valence-electron chi connectivity index (χ4n) is 0.887. The third-order valence-electron chi connectivity index (χ3n) is 1.61. The van der Waals surface area contributed by atoms with Gasteiger partial charge in [0.2, 0.25) is 12.6 Å². The van der Waals surface area contributed by atoms with Crippen molar-refractivity contribution in [3.63, 3.8) is 0 Å². The van der Waals surface area contributed by atoms with E-state index >= 15 is 0 Å². The molecule has 0 aromatic heterocycles. The Bertz CT molecular complexity index is 107. The second-order valence-corrected chi connectivity index (χ2v) is 2.42. The van der Waals surface area contributed by atoms with E-state index in [1.165, 1.54) is 0 Å². The lowest BCUT2D eigenvalue weighted by Crippen LogP contribution is -2.56. The zero-order valence-corrected chi connectivity index (χ0v) is 5.60. The predicted octanol–water partition coefficient (Wildman–Crippen LogP) is 1.79. The van der Waals surface area contributed by atoms with Crippen LogP contribution >= 0.6 is 0 Å². The number of alkyl halides is 5. The third kappa shape index (κ3) is 1.26. The molecule has 4 unspecified atom stereocenters. The lowest BCUT2D eigenvalue weighted by Gasteiger charge is -2.33. The molecular formula is C5H5F6N. The summed E-state index contributed by atoms with van der Waals surface area (Å²) in [7, 11) is 0. The fourth-order valence-corrected chi connectivity index (χ4v) is 0.887. The van der Waals surface area contributed by atoms with Crippen LogP contribution in [0, 0.1) is 0 Å². The molecule has 72 valence electrons. The minimum absolute atomic E-state index is 1.30. The Hall–Kier alpha value is -0.460. The van der Waals surface area contributed by atoms with E-state index in [4.69, 9.17) is 0 Å². The topological polar surface area (TPSA) is 3.24 Å². The highest BCUT2D eigenvalue weighted by atomic mass is 19.2. The Morgan fingerprint density at radius 3 is 1.33 bits per heavy atom. The van der Waals surface area contributed by atoms with Gasteiger partial charge in [0.1, 0.15) is 0 Å². The van der Waals surface area contributed by atoms with E-state index in [-0.39, 0.29) is 0 Å². The molecule has 0 radical (unpaired) electrons. The van der Waals surface area contributed by atoms with Gasteiger partial charge in [0, 0.05) is 0 Å². The highest BCUT2D eigenvalue weighted by molar-refractivity contribution is 4.90. The number of halogens is 6. The lowest BCUT2D eigenvalue weighted by atomic mass is 10.1. The van der Waals surface area contributed by atoms with Crippen LogP contribution in [0.2, 0.25) is 0 Å². The Labute approximate surface area is 63.9 Å². The van der Waals surface area contributed by atoms with Crippen LogP contribution in [0.5, 0.6) is 0 Å². The lowest BCUT2D eigenvalue weighted by molar-refractivity contribution is -0.243. The number of hydrogen-bond donors (Lipinski definition) is 0. The van der Waals surface area contributed by atoms with Crippen molar-refractivity contribution >= 4 is 0 Å². The Balaban J connectivity index is 2.76. The van der Waals surface area contributed by atoms with E-state index in [9.17, 15) is 26.4 Å². The average Bonchev–Trinajstić information content (AvgIpc) is 2.08. The van der Waals surface area contributed by atoms with Crippen molar-refractivity contribution in [1.82, 2.24) is 5.12 Å². The van der Waals surface area contributed by atoms with Crippen LogP contribution in [0.1, 0.15) is 0 Å². The first-order chi connectivity index (χ1) is 5.46. The van der Waals surface area contributed by atoms with Crippen LogP contribution in [0.15, 0.2) is 0 Å². The molecule has 1 nitrogen and oxygen atoms in total. The van der Waals surface area contributed by atoms with Gasteiger partial charge in [-0.25, -0.2) is 22.0 Å². The third-order valence-corrected chi connectivity index (χ3v) is 1.61. The zero-order chi connectivity index (χ0) is 9.46. The van der Waals surface area contributed by atoms with Crippen molar-refractivity contribution in [2.24, 2.45) is 0 Å². The van der Waals surface area contributed by atoms with Gasteiger partial charge in [-0.05, 0) is 0 Å². The van der Waals surface area contributed by atoms with Crippen molar-refractivity contribution in [3.05, 3.63) is 0 Å². The Morgan fingerprint density at radius 1 is 0.667 bits per heavy atom. The van der Waals surface area contributed by atoms with E-state index in [0.29, 0.717) is 0 Å². The van der Waals surface area contributed by atoms with Crippen LogP contribution in [0.4, 0.5) is 26.4 Å². The van der Waals surface area contributed by atoms with Crippen molar-refractivity contribution in [2.75, 3.05) is 0 Å². The first-order valence-corrected chi connectivity index (χ1v) is 3.11. The summed E-state index contributed by atoms with van der Waals surface area (Å²) < 4.78 is 73.1. The average molecular weight is 193 g/mol. The molecule has 0 saturated carbocycles. The van der Waals surface area contributed by atoms with Crippen molar-refractivity contribution in [1.29, 1.82) is 0 Å². The molecule has 1 aliphatic heterocycles. The van der Waals surface area contributed by atoms with Gasteiger partial charge >= 0.3 is 0 Å². The second kappa shape index (κ2) is 3.12. The van der Waals surface area contributed by atoms with Gasteiger partial charge in [0.15, 0.2) is 18.5 Å². The summed E-state index contributed by atoms with van der Waals surface area (Å²) in [6.45, 7) is 0. The molecule has 12 heavy (non-hydrogen) atoms. The highest BCUT2D eigenvalue weighted by Gasteiger charge is 2.53. The van der Waals surface area contributed by atoms with E-state index in [1.807, 2.05) is 0 Å². The molecule has 1 saturated heterocycles. The largest absolute Gasteiger partial charge is 0.241 e. The van der Waals surface area contributed by atoms with Crippen LogP contribution in [0.3, 0.4) is 0 Å². The van der Waals surface area contributed by atoms with Crippen molar-refractivity contribution in [2.45, 2.75) is 31.1 Å². The standard InChI is InChI=1S/C5H5F6N/c6-1-2(7)4(9)12(11)5(10)3(1)8/h1-5H. The molecule has 7 heteroatoms. The fraction of sp³-hybridized carbons (Fsp3) is 1.00. The van der Waals surface area contributed by atoms with Gasteiger partial charge in [-0.15, -0.1) is 4.48 Å². The smallest absolute Gasteiger partial charge is 0.217 e. The SMILES string of the molecule is FC1C(F)C(F)N(F)C(F)C1F. The van der Waals surface area contributed by atoms with Crippen molar-refractivity contribution in [3.8, 4) is 0 Å². The van der Waals surface area contributed by atoms with Crippen LogP contribution < -0.4 is 0 Å². The van der Waals surface area contributed by atoms with Gasteiger partial charge in [0.25, 0.3) is 0 Å². The van der Waals surface area contributed by atoms with Gasteiger partial charge in [0.05, 0.1) is 0 Å². The van der Waals surface area contributed by atoms with Crippen molar-refractivity contribution < 1.29 is 26.4 Å². The van der Waals surface area contributed by atoms with Gasteiger partial charge in [-0.3, -0.25) is 0 Å². The number of nitrogens with zero attached hydrogens (tertiary/aromatic N) is 1. The van der Waals surface area contributed by atoms with Gasteiger partial charge < -0.3 is 0 Å². The predicted molar refractivity (Wildman–Crippen MR) is 27.4 cm³/mol. The Kier molecular flexibility index (Phi) is 2.50. The quantitative estimate of drug-likeness (QED) is 0.322. The first kappa shape index (κ1) is 9.63. The van der Waals surface area contributed by atoms with E-state index in [0.717, 1.165) is 0 Å². The summed E-state index contributed by atoms with van der Waals surface area (Å²) in [5.74, 6) is 0. The first-order valence-electron chi connectivity index (χ1n) is 3.11.